The van der Waals surface area contributed by atoms with Crippen LogP contribution in [-0.4, -0.2) is 39.9 Å². The highest BCUT2D eigenvalue weighted by Gasteiger charge is 2.54. The molecule has 0 fully saturated rings. The van der Waals surface area contributed by atoms with Gasteiger partial charge in [0.2, 0.25) is 11.6 Å². The van der Waals surface area contributed by atoms with Crippen LogP contribution in [-0.2, 0) is 25.2 Å². The summed E-state index contributed by atoms with van der Waals surface area (Å²) in [4.78, 5) is 26.3. The summed E-state index contributed by atoms with van der Waals surface area (Å²) in [5.41, 5.74) is 5.73. The van der Waals surface area contributed by atoms with E-state index in [4.69, 9.17) is 25.5 Å². The molecule has 3 aliphatic rings. The third-order valence-corrected chi connectivity index (χ3v) is 7.16. The number of ketones is 2. The highest BCUT2D eigenvalue weighted by Crippen LogP contribution is 2.54. The molecular weight excluding hydrogens is 432 g/mol. The van der Waals surface area contributed by atoms with Crippen molar-refractivity contribution in [3.63, 3.8) is 0 Å². The van der Waals surface area contributed by atoms with Crippen molar-refractivity contribution in [1.29, 1.82) is 0 Å². The molecule has 1 aromatic carbocycles. The molecule has 1 unspecified atom stereocenters. The van der Waals surface area contributed by atoms with E-state index in [0.29, 0.717) is 18.4 Å². The molecule has 4 rings (SSSR count). The van der Waals surface area contributed by atoms with E-state index >= 15 is 0 Å². The van der Waals surface area contributed by atoms with Crippen LogP contribution >= 0.6 is 11.6 Å². The SMILES string of the molecule is COc1cc(C)cc2c1C1=C(CC2)C(OC)(O[Si](C)(C)C)C2=C(C1)C(=O)C=C(Cl)C2=O. The zero-order valence-corrected chi connectivity index (χ0v) is 20.5. The second-order valence-electron chi connectivity index (χ2n) is 9.21. The van der Waals surface area contributed by atoms with Crippen molar-refractivity contribution in [1.82, 2.24) is 0 Å². The molecule has 0 amide bonds. The van der Waals surface area contributed by atoms with Gasteiger partial charge in [0.1, 0.15) is 5.75 Å². The van der Waals surface area contributed by atoms with Crippen LogP contribution in [0, 0.1) is 6.92 Å². The predicted octanol–water partition coefficient (Wildman–Crippen LogP) is 4.87. The molecule has 0 bridgehead atoms. The first-order chi connectivity index (χ1) is 14.5. The van der Waals surface area contributed by atoms with E-state index in [2.05, 4.69) is 6.07 Å². The second-order valence-corrected chi connectivity index (χ2v) is 14.0. The number of aryl methyl sites for hydroxylation is 2. The van der Waals surface area contributed by atoms with Gasteiger partial charge in [-0.1, -0.05) is 17.7 Å². The van der Waals surface area contributed by atoms with Gasteiger partial charge in [-0.3, -0.25) is 9.59 Å². The van der Waals surface area contributed by atoms with Crippen LogP contribution in [0.1, 0.15) is 29.5 Å². The number of Topliss-reactive ketones (excluding diaryl/α,β-unsaturated/α-hetero) is 1. The molecular formula is C24H27ClO5Si. The molecule has 3 aliphatic carbocycles. The fraction of sp³-hybridized carbons (Fsp3) is 0.417. The first-order valence-corrected chi connectivity index (χ1v) is 14.2. The molecule has 0 radical (unpaired) electrons. The summed E-state index contributed by atoms with van der Waals surface area (Å²) in [6.45, 7) is 8.15. The Balaban J connectivity index is 2.04. The number of hydrogen-bond acceptors (Lipinski definition) is 5. The number of fused-ring (bicyclic) bond motifs is 2. The quantitative estimate of drug-likeness (QED) is 0.366. The van der Waals surface area contributed by atoms with Crippen LogP contribution in [0.15, 0.2) is 40.0 Å². The number of halogens is 1. The molecule has 0 saturated heterocycles. The molecule has 0 spiro atoms. The molecule has 0 aromatic heterocycles. The first kappa shape index (κ1) is 22.2. The average molecular weight is 459 g/mol. The van der Waals surface area contributed by atoms with Crippen molar-refractivity contribution in [2.75, 3.05) is 14.2 Å². The topological polar surface area (TPSA) is 61.8 Å². The zero-order chi connectivity index (χ0) is 22.7. The number of ether oxygens (including phenoxy) is 2. The molecule has 1 atom stereocenters. The van der Waals surface area contributed by atoms with Gasteiger partial charge in [-0.05, 0) is 67.7 Å². The van der Waals surface area contributed by atoms with E-state index in [0.717, 1.165) is 34.4 Å². The van der Waals surface area contributed by atoms with Gasteiger partial charge < -0.3 is 13.9 Å². The number of carbonyl (C=O) groups excluding carboxylic acids is 2. The van der Waals surface area contributed by atoms with Gasteiger partial charge in [0.25, 0.3) is 0 Å². The summed E-state index contributed by atoms with van der Waals surface area (Å²) in [5, 5.41) is -0.0992. The standard InChI is InChI=1S/C24H27ClO5Si/c1-13-9-14-7-8-17-15(21(14)20(10-13)28-2)11-16-19(26)12-18(25)23(27)22(16)24(17,29-3)30-31(4,5)6/h9-10,12H,7-8,11H2,1-6H3. The maximum atomic E-state index is 13.3. The van der Waals surface area contributed by atoms with Crippen molar-refractivity contribution >= 4 is 37.1 Å². The zero-order valence-electron chi connectivity index (χ0n) is 18.8. The minimum atomic E-state index is -2.24. The Morgan fingerprint density at radius 2 is 1.77 bits per heavy atom. The lowest BCUT2D eigenvalue weighted by molar-refractivity contribution is -0.134. The van der Waals surface area contributed by atoms with Gasteiger partial charge in [0.05, 0.1) is 17.7 Å². The smallest absolute Gasteiger partial charge is 0.213 e. The minimum Gasteiger partial charge on any atom is -0.496 e. The number of methoxy groups -OCH3 is 2. The monoisotopic (exact) mass is 458 g/mol. The minimum absolute atomic E-state index is 0.0992. The lowest BCUT2D eigenvalue weighted by Gasteiger charge is -2.47. The van der Waals surface area contributed by atoms with E-state index < -0.39 is 19.9 Å². The van der Waals surface area contributed by atoms with Crippen molar-refractivity contribution in [2.24, 2.45) is 0 Å². The number of carbonyl (C=O) groups is 2. The fourth-order valence-electron chi connectivity index (χ4n) is 4.96. The summed E-state index contributed by atoms with van der Waals surface area (Å²) >= 11 is 6.18. The van der Waals surface area contributed by atoms with Gasteiger partial charge in [0.15, 0.2) is 14.1 Å². The summed E-state index contributed by atoms with van der Waals surface area (Å²) in [6, 6.07) is 4.15. The van der Waals surface area contributed by atoms with E-state index in [1.807, 2.05) is 32.6 Å². The summed E-state index contributed by atoms with van der Waals surface area (Å²) in [6.07, 6.45) is 2.95. The number of allylic oxidation sites excluding steroid dienone is 4. The van der Waals surface area contributed by atoms with Crippen LogP contribution < -0.4 is 4.74 Å². The van der Waals surface area contributed by atoms with Crippen LogP contribution in [0.5, 0.6) is 5.75 Å². The number of hydrogen-bond donors (Lipinski definition) is 0. The molecule has 0 heterocycles. The Hall–Kier alpha value is -1.99. The van der Waals surface area contributed by atoms with Gasteiger partial charge in [-0.2, -0.15) is 0 Å². The summed E-state index contributed by atoms with van der Waals surface area (Å²) in [7, 11) is 0.947. The van der Waals surface area contributed by atoms with E-state index in [1.54, 1.807) is 7.11 Å². The lowest BCUT2D eigenvalue weighted by Crippen LogP contribution is -2.52. The Labute approximate surface area is 188 Å². The molecule has 1 aromatic rings. The van der Waals surface area contributed by atoms with Gasteiger partial charge in [-0.25, -0.2) is 0 Å². The fourth-order valence-corrected chi connectivity index (χ4v) is 6.32. The lowest BCUT2D eigenvalue weighted by atomic mass is 9.69. The van der Waals surface area contributed by atoms with Crippen LogP contribution in [0.3, 0.4) is 0 Å². The average Bonchev–Trinajstić information content (AvgIpc) is 2.69. The molecule has 0 aliphatic heterocycles. The molecule has 31 heavy (non-hydrogen) atoms. The van der Waals surface area contributed by atoms with E-state index in [-0.39, 0.29) is 16.4 Å². The Bertz CT molecular complexity index is 1110. The highest BCUT2D eigenvalue weighted by atomic mass is 35.5. The molecule has 0 N–H and O–H groups in total. The Morgan fingerprint density at radius 1 is 1.06 bits per heavy atom. The third kappa shape index (κ3) is 3.46. The van der Waals surface area contributed by atoms with E-state index in [9.17, 15) is 9.59 Å². The largest absolute Gasteiger partial charge is 0.496 e. The maximum Gasteiger partial charge on any atom is 0.213 e. The number of rotatable bonds is 4. The highest BCUT2D eigenvalue weighted by molar-refractivity contribution is 6.70. The Kier molecular flexibility index (Phi) is 5.41. The van der Waals surface area contributed by atoms with Crippen molar-refractivity contribution in [3.8, 4) is 5.75 Å². The van der Waals surface area contributed by atoms with Crippen molar-refractivity contribution in [2.45, 2.75) is 51.6 Å². The van der Waals surface area contributed by atoms with Gasteiger partial charge >= 0.3 is 0 Å². The molecule has 7 heteroatoms. The van der Waals surface area contributed by atoms with Crippen LogP contribution in [0.2, 0.25) is 19.6 Å². The van der Waals surface area contributed by atoms with Gasteiger partial charge in [0, 0.05) is 30.7 Å². The van der Waals surface area contributed by atoms with Crippen LogP contribution in [0.25, 0.3) is 5.57 Å². The maximum absolute atomic E-state index is 13.3. The van der Waals surface area contributed by atoms with Crippen LogP contribution in [0.4, 0.5) is 0 Å². The summed E-state index contributed by atoms with van der Waals surface area (Å²) < 4.78 is 18.4. The summed E-state index contributed by atoms with van der Waals surface area (Å²) in [5.74, 6) is -1.34. The Morgan fingerprint density at radius 3 is 2.39 bits per heavy atom. The molecule has 5 nitrogen and oxygen atoms in total. The number of benzene rings is 1. The second kappa shape index (κ2) is 7.55. The normalized spacial score (nSPS) is 23.4. The van der Waals surface area contributed by atoms with E-state index in [1.165, 1.54) is 18.7 Å². The van der Waals surface area contributed by atoms with Crippen molar-refractivity contribution < 1.29 is 23.5 Å². The van der Waals surface area contributed by atoms with Gasteiger partial charge in [-0.15, -0.1) is 0 Å². The molecule has 164 valence electrons. The molecule has 0 saturated carbocycles. The first-order valence-electron chi connectivity index (χ1n) is 10.4. The van der Waals surface area contributed by atoms with Crippen molar-refractivity contribution in [3.05, 3.63) is 56.7 Å². The predicted molar refractivity (Wildman–Crippen MR) is 123 cm³/mol. The third-order valence-electron chi connectivity index (χ3n) is 5.98.